The molecule has 0 fully saturated rings. The summed E-state index contributed by atoms with van der Waals surface area (Å²) in [7, 11) is 0. The van der Waals surface area contributed by atoms with Crippen LogP contribution in [0.15, 0.2) is 46.9 Å². The fourth-order valence-electron chi connectivity index (χ4n) is 1.88. The van der Waals surface area contributed by atoms with Crippen molar-refractivity contribution in [1.82, 2.24) is 4.98 Å². The molecule has 0 saturated carbocycles. The Morgan fingerprint density at radius 1 is 1.25 bits per heavy atom. The lowest BCUT2D eigenvalue weighted by atomic mass is 10.1. The van der Waals surface area contributed by atoms with E-state index >= 15 is 0 Å². The van der Waals surface area contributed by atoms with Gasteiger partial charge in [0.2, 0.25) is 0 Å². The maximum Gasteiger partial charge on any atom is 0.257 e. The summed E-state index contributed by atoms with van der Waals surface area (Å²) in [5, 5.41) is 3.47. The van der Waals surface area contributed by atoms with Gasteiger partial charge in [-0.2, -0.15) is 0 Å². The van der Waals surface area contributed by atoms with Crippen molar-refractivity contribution in [2.45, 2.75) is 6.92 Å². The third-order valence-electron chi connectivity index (χ3n) is 2.93. The molecule has 1 amide bonds. The van der Waals surface area contributed by atoms with Crippen molar-refractivity contribution in [3.8, 4) is 0 Å². The average Bonchev–Trinajstić information content (AvgIpc) is 2.83. The average molecular weight is 347 g/mol. The molecule has 0 aliphatic heterocycles. The minimum atomic E-state index is -0.139. The van der Waals surface area contributed by atoms with Crippen LogP contribution in [-0.4, -0.2) is 10.9 Å². The minimum absolute atomic E-state index is 0.139. The number of anilines is 1. The van der Waals surface area contributed by atoms with E-state index in [-0.39, 0.29) is 5.91 Å². The number of aryl methyl sites for hydroxylation is 1. The van der Waals surface area contributed by atoms with E-state index < -0.39 is 0 Å². The smallest absolute Gasteiger partial charge is 0.257 e. The predicted octanol–water partition coefficient (Wildman–Crippen LogP) is 4.62. The number of rotatable bonds is 2. The molecule has 0 bridgehead atoms. The van der Waals surface area contributed by atoms with Crippen molar-refractivity contribution in [1.29, 1.82) is 0 Å². The summed E-state index contributed by atoms with van der Waals surface area (Å²) in [5.41, 5.74) is 2.56. The lowest BCUT2D eigenvalue weighted by molar-refractivity contribution is 0.102. The van der Waals surface area contributed by atoms with Gasteiger partial charge in [0.15, 0.2) is 5.13 Å². The third kappa shape index (κ3) is 2.59. The Morgan fingerprint density at radius 2 is 2.05 bits per heavy atom. The Morgan fingerprint density at radius 3 is 2.80 bits per heavy atom. The molecule has 1 aromatic heterocycles. The predicted molar refractivity (Wildman–Crippen MR) is 86.5 cm³/mol. The number of carbonyl (C=O) groups is 1. The van der Waals surface area contributed by atoms with Crippen LogP contribution in [0.4, 0.5) is 5.13 Å². The number of nitrogens with zero attached hydrogens (tertiary/aromatic N) is 1. The first kappa shape index (κ1) is 13.3. The molecule has 1 N–H and O–H groups in total. The minimum Gasteiger partial charge on any atom is -0.298 e. The molecule has 100 valence electrons. The van der Waals surface area contributed by atoms with E-state index in [1.165, 1.54) is 11.3 Å². The number of aromatic nitrogens is 1. The SMILES string of the molecule is Cc1cc(C(=O)Nc2nc3ccccc3s2)ccc1Br. The van der Waals surface area contributed by atoms with Gasteiger partial charge in [-0.3, -0.25) is 10.1 Å². The molecule has 0 saturated heterocycles. The highest BCUT2D eigenvalue weighted by atomic mass is 79.9. The van der Waals surface area contributed by atoms with Crippen molar-refractivity contribution < 1.29 is 4.79 Å². The molecule has 0 aliphatic carbocycles. The van der Waals surface area contributed by atoms with Crippen LogP contribution in [0.25, 0.3) is 10.2 Å². The summed E-state index contributed by atoms with van der Waals surface area (Å²) in [4.78, 5) is 16.6. The number of halogens is 1. The van der Waals surface area contributed by atoms with Crippen LogP contribution in [0.2, 0.25) is 0 Å². The molecule has 5 heteroatoms. The maximum atomic E-state index is 12.2. The van der Waals surface area contributed by atoms with Crippen LogP contribution in [-0.2, 0) is 0 Å². The molecule has 3 aromatic rings. The molecule has 2 aromatic carbocycles. The fourth-order valence-corrected chi connectivity index (χ4v) is 2.99. The molecular weight excluding hydrogens is 336 g/mol. The van der Waals surface area contributed by atoms with Gasteiger partial charge in [-0.25, -0.2) is 4.98 Å². The van der Waals surface area contributed by atoms with E-state index in [9.17, 15) is 4.79 Å². The monoisotopic (exact) mass is 346 g/mol. The highest BCUT2D eigenvalue weighted by Gasteiger charge is 2.10. The second kappa shape index (κ2) is 5.34. The number of hydrogen-bond donors (Lipinski definition) is 1. The van der Waals surface area contributed by atoms with E-state index in [1.807, 2.05) is 43.3 Å². The number of carbonyl (C=O) groups excluding carboxylic acids is 1. The van der Waals surface area contributed by atoms with Gasteiger partial charge in [-0.15, -0.1) is 0 Å². The van der Waals surface area contributed by atoms with Crippen LogP contribution in [0.3, 0.4) is 0 Å². The van der Waals surface area contributed by atoms with Gasteiger partial charge in [0, 0.05) is 10.0 Å². The standard InChI is InChI=1S/C15H11BrN2OS/c1-9-8-10(6-7-11(9)16)14(19)18-15-17-12-4-2-3-5-13(12)20-15/h2-8H,1H3,(H,17,18,19). The summed E-state index contributed by atoms with van der Waals surface area (Å²) >= 11 is 4.90. The van der Waals surface area contributed by atoms with E-state index in [4.69, 9.17) is 0 Å². The number of benzene rings is 2. The maximum absolute atomic E-state index is 12.2. The zero-order chi connectivity index (χ0) is 14.1. The van der Waals surface area contributed by atoms with Crippen molar-refractivity contribution in [2.24, 2.45) is 0 Å². The molecular formula is C15H11BrN2OS. The number of thiazole rings is 1. The van der Waals surface area contributed by atoms with Crippen molar-refractivity contribution in [3.63, 3.8) is 0 Å². The number of hydrogen-bond acceptors (Lipinski definition) is 3. The van der Waals surface area contributed by atoms with Crippen molar-refractivity contribution in [3.05, 3.63) is 58.1 Å². The van der Waals surface area contributed by atoms with Crippen LogP contribution < -0.4 is 5.32 Å². The van der Waals surface area contributed by atoms with Gasteiger partial charge < -0.3 is 0 Å². The quantitative estimate of drug-likeness (QED) is 0.735. The lowest BCUT2D eigenvalue weighted by Crippen LogP contribution is -2.11. The zero-order valence-corrected chi connectivity index (χ0v) is 13.1. The Bertz CT molecular complexity index is 764. The van der Waals surface area contributed by atoms with Crippen LogP contribution >= 0.6 is 27.3 Å². The van der Waals surface area contributed by atoms with Gasteiger partial charge >= 0.3 is 0 Å². The molecule has 0 aliphatic rings. The summed E-state index contributed by atoms with van der Waals surface area (Å²) in [5.74, 6) is -0.139. The van der Waals surface area contributed by atoms with E-state index in [0.717, 1.165) is 20.3 Å². The third-order valence-corrected chi connectivity index (χ3v) is 4.78. The molecule has 20 heavy (non-hydrogen) atoms. The fraction of sp³-hybridized carbons (Fsp3) is 0.0667. The molecule has 1 heterocycles. The molecule has 0 spiro atoms. The first-order valence-corrected chi connectivity index (χ1v) is 7.67. The van der Waals surface area contributed by atoms with Crippen LogP contribution in [0.1, 0.15) is 15.9 Å². The first-order chi connectivity index (χ1) is 9.63. The summed E-state index contributed by atoms with van der Waals surface area (Å²) < 4.78 is 2.06. The van der Waals surface area contributed by atoms with Crippen LogP contribution in [0.5, 0.6) is 0 Å². The second-order valence-corrected chi connectivity index (χ2v) is 6.29. The number of amides is 1. The summed E-state index contributed by atoms with van der Waals surface area (Å²) in [6, 6.07) is 13.3. The topological polar surface area (TPSA) is 42.0 Å². The molecule has 0 unspecified atom stereocenters. The van der Waals surface area contributed by atoms with Crippen LogP contribution in [0, 0.1) is 6.92 Å². The summed E-state index contributed by atoms with van der Waals surface area (Å²) in [6.07, 6.45) is 0. The largest absolute Gasteiger partial charge is 0.298 e. The number of fused-ring (bicyclic) bond motifs is 1. The second-order valence-electron chi connectivity index (χ2n) is 4.40. The molecule has 3 nitrogen and oxygen atoms in total. The van der Waals surface area contributed by atoms with Crippen molar-refractivity contribution >= 4 is 48.5 Å². The Labute approximate surface area is 128 Å². The van der Waals surface area contributed by atoms with E-state index in [1.54, 1.807) is 6.07 Å². The molecule has 0 atom stereocenters. The Kier molecular flexibility index (Phi) is 3.54. The summed E-state index contributed by atoms with van der Waals surface area (Å²) in [6.45, 7) is 1.96. The Balaban J connectivity index is 1.86. The van der Waals surface area contributed by atoms with Gasteiger partial charge in [-0.05, 0) is 42.8 Å². The number of nitrogens with one attached hydrogen (secondary N) is 1. The normalized spacial score (nSPS) is 10.7. The molecule has 3 rings (SSSR count). The number of para-hydroxylation sites is 1. The lowest BCUT2D eigenvalue weighted by Gasteiger charge is -2.04. The first-order valence-electron chi connectivity index (χ1n) is 6.06. The molecule has 0 radical (unpaired) electrons. The Hall–Kier alpha value is -1.72. The van der Waals surface area contributed by atoms with Gasteiger partial charge in [0.1, 0.15) is 0 Å². The van der Waals surface area contributed by atoms with Gasteiger partial charge in [0.05, 0.1) is 10.2 Å². The zero-order valence-electron chi connectivity index (χ0n) is 10.7. The highest BCUT2D eigenvalue weighted by molar-refractivity contribution is 9.10. The van der Waals surface area contributed by atoms with E-state index in [2.05, 4.69) is 26.2 Å². The van der Waals surface area contributed by atoms with Gasteiger partial charge in [0.25, 0.3) is 5.91 Å². The van der Waals surface area contributed by atoms with Crippen molar-refractivity contribution in [2.75, 3.05) is 5.32 Å². The van der Waals surface area contributed by atoms with Gasteiger partial charge in [-0.1, -0.05) is 39.4 Å². The highest BCUT2D eigenvalue weighted by Crippen LogP contribution is 2.26. The van der Waals surface area contributed by atoms with E-state index in [0.29, 0.717) is 10.7 Å².